The number of nitrogens with zero attached hydrogens (tertiary/aromatic N) is 1. The third-order valence-electron chi connectivity index (χ3n) is 4.30. The molecule has 0 heterocycles. The molecule has 1 aliphatic carbocycles. The molecule has 0 aromatic rings. The lowest BCUT2D eigenvalue weighted by atomic mass is 10.0. The van der Waals surface area contributed by atoms with Crippen LogP contribution in [0.25, 0.3) is 0 Å². The number of nitrogens with one attached hydrogen (secondary N) is 1. The highest BCUT2D eigenvalue weighted by Crippen LogP contribution is 2.24. The van der Waals surface area contributed by atoms with Crippen LogP contribution in [0.15, 0.2) is 25.3 Å². The van der Waals surface area contributed by atoms with E-state index >= 15 is 0 Å². The second-order valence-corrected chi connectivity index (χ2v) is 6.36. The van der Waals surface area contributed by atoms with Crippen LogP contribution in [-0.2, 0) is 4.79 Å². The van der Waals surface area contributed by atoms with Crippen molar-refractivity contribution < 1.29 is 4.79 Å². The maximum Gasteiger partial charge on any atom is 0.223 e. The summed E-state index contributed by atoms with van der Waals surface area (Å²) >= 11 is 0. The largest absolute Gasteiger partial charge is 0.354 e. The molecule has 0 aromatic heterocycles. The van der Waals surface area contributed by atoms with Crippen molar-refractivity contribution in [3.05, 3.63) is 25.3 Å². The Morgan fingerprint density at radius 3 is 2.38 bits per heavy atom. The van der Waals surface area contributed by atoms with Crippen LogP contribution < -0.4 is 11.1 Å². The van der Waals surface area contributed by atoms with E-state index in [9.17, 15) is 4.79 Å². The number of rotatable bonds is 9. The Labute approximate surface area is 129 Å². The molecule has 1 saturated carbocycles. The van der Waals surface area contributed by atoms with Crippen molar-refractivity contribution in [3.8, 4) is 0 Å². The van der Waals surface area contributed by atoms with Crippen LogP contribution in [0, 0.1) is 11.8 Å². The molecular formula is C17H31N3O. The SMILES string of the molecule is C=CCN(CC=C)C(CNC(=O)C1CCC(N)C1)C(C)C. The van der Waals surface area contributed by atoms with E-state index in [-0.39, 0.29) is 17.9 Å². The highest BCUT2D eigenvalue weighted by atomic mass is 16.1. The molecule has 4 heteroatoms. The van der Waals surface area contributed by atoms with Crippen LogP contribution >= 0.6 is 0 Å². The molecule has 0 radical (unpaired) electrons. The van der Waals surface area contributed by atoms with Crippen LogP contribution in [0.1, 0.15) is 33.1 Å². The Bertz CT molecular complexity index is 344. The van der Waals surface area contributed by atoms with Gasteiger partial charge in [0.05, 0.1) is 0 Å². The van der Waals surface area contributed by atoms with Crippen molar-refractivity contribution in [2.75, 3.05) is 19.6 Å². The van der Waals surface area contributed by atoms with E-state index in [4.69, 9.17) is 5.73 Å². The fourth-order valence-corrected chi connectivity index (χ4v) is 3.07. The normalized spacial score (nSPS) is 23.3. The zero-order valence-corrected chi connectivity index (χ0v) is 13.6. The van der Waals surface area contributed by atoms with Gasteiger partial charge in [0, 0.05) is 37.6 Å². The first-order valence-corrected chi connectivity index (χ1v) is 7.98. The predicted molar refractivity (Wildman–Crippen MR) is 88.9 cm³/mol. The van der Waals surface area contributed by atoms with Crippen LogP contribution in [0.3, 0.4) is 0 Å². The topological polar surface area (TPSA) is 58.4 Å². The number of carbonyl (C=O) groups excluding carboxylic acids is 1. The van der Waals surface area contributed by atoms with E-state index in [2.05, 4.69) is 37.2 Å². The van der Waals surface area contributed by atoms with Crippen molar-refractivity contribution in [1.29, 1.82) is 0 Å². The zero-order chi connectivity index (χ0) is 15.8. The molecule has 0 saturated heterocycles. The van der Waals surface area contributed by atoms with Crippen LogP contribution in [0.4, 0.5) is 0 Å². The molecule has 0 spiro atoms. The Morgan fingerprint density at radius 2 is 1.95 bits per heavy atom. The number of nitrogens with two attached hydrogens (primary N) is 1. The first-order chi connectivity index (χ1) is 9.99. The first kappa shape index (κ1) is 17.9. The molecule has 1 fully saturated rings. The molecule has 1 aliphatic rings. The van der Waals surface area contributed by atoms with Crippen LogP contribution in [0.5, 0.6) is 0 Å². The Balaban J connectivity index is 2.55. The number of amides is 1. The first-order valence-electron chi connectivity index (χ1n) is 7.98. The lowest BCUT2D eigenvalue weighted by Crippen LogP contribution is -2.48. The highest BCUT2D eigenvalue weighted by Gasteiger charge is 2.29. The summed E-state index contributed by atoms with van der Waals surface area (Å²) in [5.41, 5.74) is 5.88. The maximum absolute atomic E-state index is 12.2. The summed E-state index contributed by atoms with van der Waals surface area (Å²) in [6, 6.07) is 0.486. The second-order valence-electron chi connectivity index (χ2n) is 6.36. The van der Waals surface area contributed by atoms with Crippen molar-refractivity contribution in [3.63, 3.8) is 0 Å². The third kappa shape index (κ3) is 5.64. The van der Waals surface area contributed by atoms with Gasteiger partial charge < -0.3 is 11.1 Å². The van der Waals surface area contributed by atoms with Gasteiger partial charge in [-0.05, 0) is 25.2 Å². The van der Waals surface area contributed by atoms with E-state index < -0.39 is 0 Å². The molecule has 0 aliphatic heterocycles. The third-order valence-corrected chi connectivity index (χ3v) is 4.30. The minimum atomic E-state index is 0.0973. The van der Waals surface area contributed by atoms with Gasteiger partial charge in [-0.1, -0.05) is 26.0 Å². The Kier molecular flexibility index (Phi) is 7.68. The van der Waals surface area contributed by atoms with Gasteiger partial charge in [-0.3, -0.25) is 9.69 Å². The van der Waals surface area contributed by atoms with Gasteiger partial charge in [0.2, 0.25) is 5.91 Å². The fourth-order valence-electron chi connectivity index (χ4n) is 3.07. The molecular weight excluding hydrogens is 262 g/mol. The van der Waals surface area contributed by atoms with Crippen molar-refractivity contribution in [2.24, 2.45) is 17.6 Å². The molecule has 3 unspecified atom stereocenters. The van der Waals surface area contributed by atoms with Gasteiger partial charge in [0.15, 0.2) is 0 Å². The summed E-state index contributed by atoms with van der Waals surface area (Å²) in [7, 11) is 0. The molecule has 1 rings (SSSR count). The monoisotopic (exact) mass is 293 g/mol. The van der Waals surface area contributed by atoms with Crippen molar-refractivity contribution in [1.82, 2.24) is 10.2 Å². The number of carbonyl (C=O) groups is 1. The highest BCUT2D eigenvalue weighted by molar-refractivity contribution is 5.79. The van der Waals surface area contributed by atoms with Gasteiger partial charge >= 0.3 is 0 Å². The van der Waals surface area contributed by atoms with Crippen molar-refractivity contribution in [2.45, 2.75) is 45.2 Å². The van der Waals surface area contributed by atoms with Gasteiger partial charge in [-0.25, -0.2) is 0 Å². The van der Waals surface area contributed by atoms with E-state index in [1.807, 2.05) is 12.2 Å². The minimum absolute atomic E-state index is 0.0973. The molecule has 3 N–H and O–H groups in total. The van der Waals surface area contributed by atoms with Crippen LogP contribution in [-0.4, -0.2) is 42.5 Å². The Hall–Kier alpha value is -1.13. The van der Waals surface area contributed by atoms with E-state index in [0.29, 0.717) is 18.5 Å². The summed E-state index contributed by atoms with van der Waals surface area (Å²) in [6.07, 6.45) is 6.50. The average molecular weight is 293 g/mol. The molecule has 4 nitrogen and oxygen atoms in total. The predicted octanol–water partition coefficient (Wildman–Crippen LogP) is 1.93. The average Bonchev–Trinajstić information content (AvgIpc) is 2.85. The van der Waals surface area contributed by atoms with Crippen molar-refractivity contribution >= 4 is 5.91 Å². The fraction of sp³-hybridized carbons (Fsp3) is 0.706. The van der Waals surface area contributed by atoms with Gasteiger partial charge in [0.25, 0.3) is 0 Å². The van der Waals surface area contributed by atoms with E-state index in [1.165, 1.54) is 0 Å². The molecule has 21 heavy (non-hydrogen) atoms. The van der Waals surface area contributed by atoms with E-state index in [0.717, 1.165) is 32.4 Å². The maximum atomic E-state index is 12.2. The van der Waals surface area contributed by atoms with Gasteiger partial charge in [-0.15, -0.1) is 13.2 Å². The second kappa shape index (κ2) is 9.00. The van der Waals surface area contributed by atoms with Crippen LogP contribution in [0.2, 0.25) is 0 Å². The van der Waals surface area contributed by atoms with Gasteiger partial charge in [0.1, 0.15) is 0 Å². The van der Waals surface area contributed by atoms with Gasteiger partial charge in [-0.2, -0.15) is 0 Å². The molecule has 0 aromatic carbocycles. The standard InChI is InChI=1S/C17H31N3O/c1-5-9-20(10-6-2)16(13(3)4)12-19-17(21)14-7-8-15(18)11-14/h5-6,13-16H,1-2,7-12,18H2,3-4H3,(H,19,21). The number of hydrogen-bond donors (Lipinski definition) is 2. The quantitative estimate of drug-likeness (QED) is 0.639. The Morgan fingerprint density at radius 1 is 1.33 bits per heavy atom. The smallest absolute Gasteiger partial charge is 0.223 e. The summed E-state index contributed by atoms with van der Waals surface area (Å²) in [4.78, 5) is 14.5. The molecule has 3 atom stereocenters. The summed E-state index contributed by atoms with van der Waals surface area (Å²) in [5.74, 6) is 0.710. The lowest BCUT2D eigenvalue weighted by molar-refractivity contribution is -0.125. The summed E-state index contributed by atoms with van der Waals surface area (Å²) in [5, 5.41) is 3.12. The number of hydrogen-bond acceptors (Lipinski definition) is 3. The molecule has 120 valence electrons. The van der Waals surface area contributed by atoms with E-state index in [1.54, 1.807) is 0 Å². The molecule has 1 amide bonds. The summed E-state index contributed by atoms with van der Waals surface area (Å²) in [6.45, 7) is 14.3. The zero-order valence-electron chi connectivity index (χ0n) is 13.6. The summed E-state index contributed by atoms with van der Waals surface area (Å²) < 4.78 is 0. The molecule has 0 bridgehead atoms. The lowest BCUT2D eigenvalue weighted by Gasteiger charge is -2.33. The minimum Gasteiger partial charge on any atom is -0.354 e.